The fourth-order valence-electron chi connectivity index (χ4n) is 2.83. The predicted molar refractivity (Wildman–Crippen MR) is 110 cm³/mol. The van der Waals surface area contributed by atoms with Crippen molar-refractivity contribution in [1.29, 1.82) is 0 Å². The number of rotatable bonds is 5. The van der Waals surface area contributed by atoms with Gasteiger partial charge in [0.15, 0.2) is 0 Å². The average Bonchev–Trinajstić information content (AvgIpc) is 3.04. The van der Waals surface area contributed by atoms with Gasteiger partial charge >= 0.3 is 0 Å². The molecule has 0 amide bonds. The molecule has 2 N–H and O–H groups in total. The second-order valence-corrected chi connectivity index (χ2v) is 7.42. The summed E-state index contributed by atoms with van der Waals surface area (Å²) < 4.78 is 0.978. The Morgan fingerprint density at radius 2 is 1.81 bits per heavy atom. The molecule has 0 aliphatic carbocycles. The summed E-state index contributed by atoms with van der Waals surface area (Å²) >= 11 is 9.39. The summed E-state index contributed by atoms with van der Waals surface area (Å²) in [6, 6.07) is 14.0. The van der Waals surface area contributed by atoms with E-state index in [-0.39, 0.29) is 0 Å². The second-order valence-electron chi connectivity index (χ2n) is 6.07. The summed E-state index contributed by atoms with van der Waals surface area (Å²) in [7, 11) is 0. The molecular formula is C20H16BrClN4. The lowest BCUT2D eigenvalue weighted by Crippen LogP contribution is -2.01. The quantitative estimate of drug-likeness (QED) is 0.437. The Morgan fingerprint density at radius 3 is 2.58 bits per heavy atom. The molecule has 4 nitrogen and oxygen atoms in total. The Morgan fingerprint density at radius 1 is 1.00 bits per heavy atom. The van der Waals surface area contributed by atoms with Crippen LogP contribution in [0.1, 0.15) is 16.7 Å². The molecule has 3 aromatic heterocycles. The van der Waals surface area contributed by atoms with E-state index >= 15 is 0 Å². The molecule has 130 valence electrons. The van der Waals surface area contributed by atoms with Crippen LogP contribution in [0.25, 0.3) is 11.0 Å². The molecule has 0 saturated carbocycles. The molecule has 3 heterocycles. The van der Waals surface area contributed by atoms with Gasteiger partial charge in [-0.3, -0.25) is 0 Å². The molecule has 26 heavy (non-hydrogen) atoms. The van der Waals surface area contributed by atoms with E-state index in [0.717, 1.165) is 43.9 Å². The third-order valence-corrected chi connectivity index (χ3v) is 4.88. The van der Waals surface area contributed by atoms with Gasteiger partial charge in [0.2, 0.25) is 0 Å². The van der Waals surface area contributed by atoms with Gasteiger partial charge in [-0.25, -0.2) is 9.97 Å². The molecule has 0 unspecified atom stereocenters. The standard InChI is InChI=1S/C20H16BrClN4/c21-16-8-18-15(11-25-20(18)26-12-16)7-14-3-6-19(24-10-14)23-9-13-1-4-17(22)5-2-13/h1-6,8,10-12H,7,9H2,(H,23,24)(H,25,26). The molecule has 0 aliphatic heterocycles. The maximum atomic E-state index is 5.91. The van der Waals surface area contributed by atoms with Gasteiger partial charge < -0.3 is 10.3 Å². The topological polar surface area (TPSA) is 53.6 Å². The molecule has 0 aliphatic rings. The van der Waals surface area contributed by atoms with Gasteiger partial charge in [0.1, 0.15) is 11.5 Å². The Kier molecular flexibility index (Phi) is 4.91. The third-order valence-electron chi connectivity index (χ3n) is 4.19. The molecule has 4 aromatic rings. The molecular weight excluding hydrogens is 412 g/mol. The maximum Gasteiger partial charge on any atom is 0.137 e. The van der Waals surface area contributed by atoms with Crippen molar-refractivity contribution in [1.82, 2.24) is 15.0 Å². The fourth-order valence-corrected chi connectivity index (χ4v) is 3.28. The van der Waals surface area contributed by atoms with E-state index in [2.05, 4.69) is 48.3 Å². The lowest BCUT2D eigenvalue weighted by molar-refractivity contribution is 1.09. The molecule has 4 rings (SSSR count). The number of anilines is 1. The number of aromatic amines is 1. The van der Waals surface area contributed by atoms with Crippen molar-refractivity contribution in [3.8, 4) is 0 Å². The summed E-state index contributed by atoms with van der Waals surface area (Å²) in [5.41, 5.74) is 4.43. The Labute approximate surface area is 164 Å². The van der Waals surface area contributed by atoms with E-state index in [0.29, 0.717) is 6.54 Å². The first-order valence-electron chi connectivity index (χ1n) is 8.22. The van der Waals surface area contributed by atoms with E-state index in [9.17, 15) is 0 Å². The number of nitrogens with one attached hydrogen (secondary N) is 2. The largest absolute Gasteiger partial charge is 0.366 e. The number of hydrogen-bond donors (Lipinski definition) is 2. The Hall–Kier alpha value is -2.37. The lowest BCUT2D eigenvalue weighted by Gasteiger charge is -2.07. The van der Waals surface area contributed by atoms with E-state index < -0.39 is 0 Å². The number of fused-ring (bicyclic) bond motifs is 1. The molecule has 0 atom stereocenters. The van der Waals surface area contributed by atoms with Crippen molar-refractivity contribution in [2.75, 3.05) is 5.32 Å². The van der Waals surface area contributed by atoms with Crippen molar-refractivity contribution in [3.05, 3.63) is 87.2 Å². The van der Waals surface area contributed by atoms with Crippen LogP contribution in [-0.2, 0) is 13.0 Å². The Bertz CT molecular complexity index is 1030. The van der Waals surface area contributed by atoms with Gasteiger partial charge in [0, 0.05) is 46.4 Å². The number of pyridine rings is 2. The Balaban J connectivity index is 1.43. The molecule has 6 heteroatoms. The molecule has 0 saturated heterocycles. The minimum Gasteiger partial charge on any atom is -0.366 e. The third kappa shape index (κ3) is 3.89. The minimum atomic E-state index is 0.714. The van der Waals surface area contributed by atoms with Crippen LogP contribution in [0.3, 0.4) is 0 Å². The van der Waals surface area contributed by atoms with Crippen LogP contribution in [0.4, 0.5) is 5.82 Å². The van der Waals surface area contributed by atoms with Gasteiger partial charge in [-0.05, 0) is 56.9 Å². The molecule has 0 bridgehead atoms. The monoisotopic (exact) mass is 426 g/mol. The van der Waals surface area contributed by atoms with Crippen molar-refractivity contribution in [2.45, 2.75) is 13.0 Å². The van der Waals surface area contributed by atoms with Crippen LogP contribution in [0.2, 0.25) is 5.02 Å². The lowest BCUT2D eigenvalue weighted by atomic mass is 10.1. The van der Waals surface area contributed by atoms with Crippen molar-refractivity contribution in [3.63, 3.8) is 0 Å². The average molecular weight is 428 g/mol. The number of aromatic nitrogens is 3. The number of halogens is 2. The fraction of sp³-hybridized carbons (Fsp3) is 0.100. The summed E-state index contributed by atoms with van der Waals surface area (Å²) in [5.74, 6) is 0.854. The minimum absolute atomic E-state index is 0.714. The highest BCUT2D eigenvalue weighted by Gasteiger charge is 2.07. The summed E-state index contributed by atoms with van der Waals surface area (Å²) in [6.07, 6.45) is 6.53. The van der Waals surface area contributed by atoms with E-state index in [1.54, 1.807) is 6.20 Å². The highest BCUT2D eigenvalue weighted by Crippen LogP contribution is 2.23. The normalized spacial score (nSPS) is 11.0. The van der Waals surface area contributed by atoms with Gasteiger partial charge in [-0.15, -0.1) is 0 Å². The summed E-state index contributed by atoms with van der Waals surface area (Å²) in [5, 5.41) is 5.20. The van der Waals surface area contributed by atoms with Gasteiger partial charge in [0.25, 0.3) is 0 Å². The zero-order valence-corrected chi connectivity index (χ0v) is 16.2. The molecule has 0 spiro atoms. The van der Waals surface area contributed by atoms with Crippen molar-refractivity contribution < 1.29 is 0 Å². The van der Waals surface area contributed by atoms with Crippen LogP contribution in [0.5, 0.6) is 0 Å². The molecule has 0 fully saturated rings. The van der Waals surface area contributed by atoms with Gasteiger partial charge in [-0.2, -0.15) is 0 Å². The van der Waals surface area contributed by atoms with Crippen molar-refractivity contribution >= 4 is 44.4 Å². The van der Waals surface area contributed by atoms with Crippen LogP contribution in [0, 0.1) is 0 Å². The molecule has 0 radical (unpaired) electrons. The van der Waals surface area contributed by atoms with E-state index in [4.69, 9.17) is 11.6 Å². The van der Waals surface area contributed by atoms with Crippen LogP contribution >= 0.6 is 27.5 Å². The first-order valence-corrected chi connectivity index (χ1v) is 9.39. The van der Waals surface area contributed by atoms with Crippen LogP contribution < -0.4 is 5.32 Å². The zero-order valence-electron chi connectivity index (χ0n) is 13.8. The SMILES string of the molecule is Clc1ccc(CNc2ccc(Cc3c[nH]c4ncc(Br)cc34)cn2)cc1. The maximum absolute atomic E-state index is 5.91. The second kappa shape index (κ2) is 7.48. The summed E-state index contributed by atoms with van der Waals surface area (Å²) in [6.45, 7) is 0.714. The highest BCUT2D eigenvalue weighted by atomic mass is 79.9. The zero-order chi connectivity index (χ0) is 17.9. The number of hydrogen-bond acceptors (Lipinski definition) is 3. The number of benzene rings is 1. The van der Waals surface area contributed by atoms with E-state index in [1.807, 2.05) is 42.7 Å². The van der Waals surface area contributed by atoms with E-state index in [1.165, 1.54) is 5.56 Å². The number of nitrogens with zero attached hydrogens (tertiary/aromatic N) is 2. The highest BCUT2D eigenvalue weighted by molar-refractivity contribution is 9.10. The van der Waals surface area contributed by atoms with Crippen LogP contribution in [-0.4, -0.2) is 15.0 Å². The van der Waals surface area contributed by atoms with Gasteiger partial charge in [0.05, 0.1) is 0 Å². The first kappa shape index (κ1) is 17.1. The van der Waals surface area contributed by atoms with Gasteiger partial charge in [-0.1, -0.05) is 29.8 Å². The molecule has 1 aromatic carbocycles. The predicted octanol–water partition coefficient (Wildman–Crippen LogP) is 5.58. The summed E-state index contributed by atoms with van der Waals surface area (Å²) in [4.78, 5) is 12.1. The van der Waals surface area contributed by atoms with Crippen LogP contribution in [0.15, 0.2) is 65.5 Å². The smallest absolute Gasteiger partial charge is 0.137 e. The first-order chi connectivity index (χ1) is 12.7. The number of H-pyrrole nitrogens is 1. The van der Waals surface area contributed by atoms with Crippen molar-refractivity contribution in [2.24, 2.45) is 0 Å².